The summed E-state index contributed by atoms with van der Waals surface area (Å²) >= 11 is 0. The van der Waals surface area contributed by atoms with Gasteiger partial charge in [-0.1, -0.05) is 0 Å². The minimum absolute atomic E-state index is 0.00431. The summed E-state index contributed by atoms with van der Waals surface area (Å²) in [7, 11) is 1.84. The summed E-state index contributed by atoms with van der Waals surface area (Å²) in [5.74, 6) is 0.00431. The van der Waals surface area contributed by atoms with Crippen LogP contribution in [0.2, 0.25) is 0 Å². The van der Waals surface area contributed by atoms with Gasteiger partial charge in [-0.3, -0.25) is 9.48 Å². The molecular formula is C12H19N3O2. The molecule has 1 fully saturated rings. The molecule has 1 unspecified atom stereocenters. The summed E-state index contributed by atoms with van der Waals surface area (Å²) in [5.41, 5.74) is 2.34. The fourth-order valence-electron chi connectivity index (χ4n) is 2.52. The second-order valence-electron chi connectivity index (χ2n) is 4.65. The quantitative estimate of drug-likeness (QED) is 0.821. The van der Waals surface area contributed by atoms with Crippen molar-refractivity contribution in [2.45, 2.75) is 32.7 Å². The average Bonchev–Trinajstić information content (AvgIpc) is 2.84. The molecule has 2 heterocycles. The van der Waals surface area contributed by atoms with E-state index >= 15 is 0 Å². The Morgan fingerprint density at radius 1 is 1.53 bits per heavy atom. The fourth-order valence-corrected chi connectivity index (χ4v) is 2.52. The minimum Gasteiger partial charge on any atom is -0.394 e. The van der Waals surface area contributed by atoms with E-state index < -0.39 is 0 Å². The van der Waals surface area contributed by atoms with Crippen molar-refractivity contribution >= 4 is 5.91 Å². The van der Waals surface area contributed by atoms with Crippen LogP contribution in [-0.2, 0) is 7.05 Å². The van der Waals surface area contributed by atoms with Crippen molar-refractivity contribution in [2.75, 3.05) is 13.2 Å². The molecule has 1 amide bonds. The van der Waals surface area contributed by atoms with Gasteiger partial charge in [-0.25, -0.2) is 0 Å². The summed E-state index contributed by atoms with van der Waals surface area (Å²) in [5, 5.41) is 13.5. The van der Waals surface area contributed by atoms with Gasteiger partial charge in [0.2, 0.25) is 0 Å². The lowest BCUT2D eigenvalue weighted by Gasteiger charge is -2.23. The smallest absolute Gasteiger partial charge is 0.257 e. The van der Waals surface area contributed by atoms with Gasteiger partial charge in [-0.15, -0.1) is 0 Å². The van der Waals surface area contributed by atoms with Gasteiger partial charge in [0.05, 0.1) is 23.9 Å². The van der Waals surface area contributed by atoms with Crippen LogP contribution in [0, 0.1) is 13.8 Å². The number of aliphatic hydroxyl groups excluding tert-OH is 1. The molecule has 0 radical (unpaired) electrons. The maximum absolute atomic E-state index is 12.4. The molecule has 1 aliphatic rings. The number of likely N-dealkylation sites (tertiary alicyclic amines) is 1. The van der Waals surface area contributed by atoms with Gasteiger partial charge in [-0.05, 0) is 26.7 Å². The standard InChI is InChI=1S/C12H19N3O2/c1-8-11(9(2)14(3)13-8)12(17)15-6-4-5-10(15)7-16/h10,16H,4-7H2,1-3H3. The van der Waals surface area contributed by atoms with Gasteiger partial charge in [0.1, 0.15) is 0 Å². The molecule has 1 aromatic heterocycles. The number of amides is 1. The molecule has 0 aliphatic carbocycles. The number of carbonyl (C=O) groups excluding carboxylic acids is 1. The second-order valence-corrected chi connectivity index (χ2v) is 4.65. The van der Waals surface area contributed by atoms with Crippen LogP contribution in [0.3, 0.4) is 0 Å². The number of carbonyl (C=O) groups is 1. The summed E-state index contributed by atoms with van der Waals surface area (Å²) < 4.78 is 1.73. The van der Waals surface area contributed by atoms with Crippen LogP contribution in [0.25, 0.3) is 0 Å². The first-order chi connectivity index (χ1) is 8.06. The van der Waals surface area contributed by atoms with Crippen LogP contribution >= 0.6 is 0 Å². The van der Waals surface area contributed by atoms with Gasteiger partial charge in [0.25, 0.3) is 5.91 Å². The first-order valence-corrected chi connectivity index (χ1v) is 5.98. The van der Waals surface area contributed by atoms with E-state index in [1.165, 1.54) is 0 Å². The predicted octanol–water partition coefficient (Wildman–Crippen LogP) is 0.634. The Labute approximate surface area is 101 Å². The molecule has 1 saturated heterocycles. The van der Waals surface area contributed by atoms with Gasteiger partial charge >= 0.3 is 0 Å². The Morgan fingerprint density at radius 2 is 2.24 bits per heavy atom. The largest absolute Gasteiger partial charge is 0.394 e. The van der Waals surface area contributed by atoms with Crippen molar-refractivity contribution in [3.05, 3.63) is 17.0 Å². The molecule has 1 atom stereocenters. The molecule has 1 aliphatic heterocycles. The van der Waals surface area contributed by atoms with Crippen LogP contribution < -0.4 is 0 Å². The van der Waals surface area contributed by atoms with Gasteiger partial charge < -0.3 is 10.0 Å². The van der Waals surface area contributed by atoms with E-state index in [2.05, 4.69) is 5.10 Å². The lowest BCUT2D eigenvalue weighted by atomic mass is 10.1. The zero-order valence-electron chi connectivity index (χ0n) is 10.6. The molecule has 0 saturated carbocycles. The van der Waals surface area contributed by atoms with Crippen LogP contribution in [0.15, 0.2) is 0 Å². The molecule has 1 aromatic rings. The third-order valence-electron chi connectivity index (χ3n) is 3.57. The van der Waals surface area contributed by atoms with Crippen LogP contribution in [-0.4, -0.2) is 44.9 Å². The maximum Gasteiger partial charge on any atom is 0.257 e. The van der Waals surface area contributed by atoms with Crippen molar-refractivity contribution < 1.29 is 9.90 Å². The Hall–Kier alpha value is -1.36. The predicted molar refractivity (Wildman–Crippen MR) is 63.8 cm³/mol. The highest BCUT2D eigenvalue weighted by Crippen LogP contribution is 2.22. The van der Waals surface area contributed by atoms with Crippen molar-refractivity contribution in [3.63, 3.8) is 0 Å². The Balaban J connectivity index is 2.31. The number of rotatable bonds is 2. The van der Waals surface area contributed by atoms with E-state index in [4.69, 9.17) is 0 Å². The van der Waals surface area contributed by atoms with Gasteiger partial charge in [0.15, 0.2) is 0 Å². The van der Waals surface area contributed by atoms with Crippen molar-refractivity contribution in [3.8, 4) is 0 Å². The zero-order valence-corrected chi connectivity index (χ0v) is 10.6. The average molecular weight is 237 g/mol. The summed E-state index contributed by atoms with van der Waals surface area (Å²) in [4.78, 5) is 14.2. The van der Waals surface area contributed by atoms with E-state index in [-0.39, 0.29) is 18.6 Å². The number of nitrogens with zero attached hydrogens (tertiary/aromatic N) is 3. The molecule has 0 aromatic carbocycles. The molecule has 1 N–H and O–H groups in total. The highest BCUT2D eigenvalue weighted by atomic mass is 16.3. The van der Waals surface area contributed by atoms with Crippen molar-refractivity contribution in [1.29, 1.82) is 0 Å². The van der Waals surface area contributed by atoms with E-state index in [9.17, 15) is 9.90 Å². The van der Waals surface area contributed by atoms with E-state index in [0.717, 1.165) is 30.8 Å². The third kappa shape index (κ3) is 1.95. The third-order valence-corrected chi connectivity index (χ3v) is 3.57. The Kier molecular flexibility index (Phi) is 3.19. The van der Waals surface area contributed by atoms with Crippen LogP contribution in [0.4, 0.5) is 0 Å². The maximum atomic E-state index is 12.4. The van der Waals surface area contributed by atoms with Crippen molar-refractivity contribution in [2.24, 2.45) is 7.05 Å². The Morgan fingerprint density at radius 3 is 2.76 bits per heavy atom. The molecule has 5 nitrogen and oxygen atoms in total. The number of hydrogen-bond donors (Lipinski definition) is 1. The normalized spacial score (nSPS) is 20.0. The first-order valence-electron chi connectivity index (χ1n) is 5.98. The SMILES string of the molecule is Cc1nn(C)c(C)c1C(=O)N1CCCC1CO. The molecule has 94 valence electrons. The van der Waals surface area contributed by atoms with Gasteiger partial charge in [0, 0.05) is 19.3 Å². The van der Waals surface area contributed by atoms with Crippen LogP contribution in [0.5, 0.6) is 0 Å². The lowest BCUT2D eigenvalue weighted by Crippen LogP contribution is -2.38. The van der Waals surface area contributed by atoms with E-state index in [0.29, 0.717) is 5.56 Å². The van der Waals surface area contributed by atoms with Crippen LogP contribution in [0.1, 0.15) is 34.6 Å². The number of aryl methyl sites for hydroxylation is 2. The van der Waals surface area contributed by atoms with E-state index in [1.807, 2.05) is 20.9 Å². The topological polar surface area (TPSA) is 58.4 Å². The summed E-state index contributed by atoms with van der Waals surface area (Å²) in [6, 6.07) is -0.0264. The number of aromatic nitrogens is 2. The van der Waals surface area contributed by atoms with E-state index in [1.54, 1.807) is 9.58 Å². The first kappa shape index (κ1) is 12.1. The van der Waals surface area contributed by atoms with Crippen molar-refractivity contribution in [1.82, 2.24) is 14.7 Å². The number of hydrogen-bond acceptors (Lipinski definition) is 3. The molecule has 17 heavy (non-hydrogen) atoms. The minimum atomic E-state index is -0.0264. The van der Waals surface area contributed by atoms with Gasteiger partial charge in [-0.2, -0.15) is 5.10 Å². The Bertz CT molecular complexity index is 439. The summed E-state index contributed by atoms with van der Waals surface area (Å²) in [6.45, 7) is 4.53. The monoisotopic (exact) mass is 237 g/mol. The molecular weight excluding hydrogens is 218 g/mol. The molecule has 0 bridgehead atoms. The molecule has 0 spiro atoms. The highest BCUT2D eigenvalue weighted by molar-refractivity contribution is 5.96. The highest BCUT2D eigenvalue weighted by Gasteiger charge is 2.31. The summed E-state index contributed by atoms with van der Waals surface area (Å²) in [6.07, 6.45) is 1.86. The second kappa shape index (κ2) is 4.49. The molecule has 5 heteroatoms. The zero-order chi connectivity index (χ0) is 12.6. The fraction of sp³-hybridized carbons (Fsp3) is 0.667. The lowest BCUT2D eigenvalue weighted by molar-refractivity contribution is 0.0676. The number of aliphatic hydroxyl groups is 1. The molecule has 2 rings (SSSR count).